The first-order valence-corrected chi connectivity index (χ1v) is 15.1. The lowest BCUT2D eigenvalue weighted by Gasteiger charge is -2.43. The Morgan fingerprint density at radius 2 is 2.02 bits per heavy atom. The number of oxime groups is 1. The zero-order valence-corrected chi connectivity index (χ0v) is 23.9. The van der Waals surface area contributed by atoms with Crippen LogP contribution in [0, 0.1) is 5.92 Å². The van der Waals surface area contributed by atoms with Crippen molar-refractivity contribution in [1.82, 2.24) is 34.5 Å². The molecule has 22 heteroatoms. The number of hydrogen-bond donors (Lipinski definition) is 6. The van der Waals surface area contributed by atoms with E-state index in [1.54, 1.807) is 0 Å². The molecule has 9 N–H and O–H groups in total. The molecule has 0 aromatic carbocycles. The Labute approximate surface area is 247 Å². The van der Waals surface area contributed by atoms with Gasteiger partial charge in [-0.1, -0.05) is 5.16 Å². The number of anilines is 1. The van der Waals surface area contributed by atoms with Crippen LogP contribution in [0.1, 0.15) is 24.2 Å². The van der Waals surface area contributed by atoms with E-state index in [-0.39, 0.29) is 41.1 Å². The second-order valence-corrected chi connectivity index (χ2v) is 12.3. The van der Waals surface area contributed by atoms with E-state index in [0.29, 0.717) is 37.2 Å². The third kappa shape index (κ3) is 6.21. The van der Waals surface area contributed by atoms with Gasteiger partial charge in [0.05, 0.1) is 19.3 Å². The molecule has 2 aliphatic heterocycles. The number of nitrogen functional groups attached to an aromatic ring is 1. The molecule has 1 aliphatic carbocycles. The minimum absolute atomic E-state index is 0.0638. The number of carboxylic acids is 1. The molecule has 5 rings (SSSR count). The highest BCUT2D eigenvalue weighted by Gasteiger charge is 2.56. The summed E-state index contributed by atoms with van der Waals surface area (Å²) in [6.07, 6.45) is 1.69. The van der Waals surface area contributed by atoms with Crippen molar-refractivity contribution in [3.63, 3.8) is 0 Å². The molecule has 43 heavy (non-hydrogen) atoms. The summed E-state index contributed by atoms with van der Waals surface area (Å²) in [5.41, 5.74) is 15.5. The number of carboxylic acid groups (broad SMARTS) is 1. The molecule has 3 fully saturated rings. The van der Waals surface area contributed by atoms with E-state index in [1.165, 1.54) is 11.6 Å². The fourth-order valence-electron chi connectivity index (χ4n) is 4.37. The van der Waals surface area contributed by atoms with Crippen molar-refractivity contribution in [2.75, 3.05) is 25.4 Å². The van der Waals surface area contributed by atoms with Gasteiger partial charge in [0.2, 0.25) is 5.60 Å². The van der Waals surface area contributed by atoms with Crippen molar-refractivity contribution in [2.24, 2.45) is 27.5 Å². The number of amides is 2. The van der Waals surface area contributed by atoms with Gasteiger partial charge in [-0.3, -0.25) is 14.1 Å². The molecule has 232 valence electrons. The van der Waals surface area contributed by atoms with Crippen LogP contribution in [0.3, 0.4) is 0 Å². The van der Waals surface area contributed by atoms with Crippen LogP contribution in [0.25, 0.3) is 0 Å². The summed E-state index contributed by atoms with van der Waals surface area (Å²) in [7, 11) is -5.02. The fourth-order valence-corrected chi connectivity index (χ4v) is 5.79. The number of aliphatic carboxylic acids is 1. The quantitative estimate of drug-likeness (QED) is 0.0432. The molecule has 3 aliphatic rings. The van der Waals surface area contributed by atoms with Crippen LogP contribution in [-0.2, 0) is 42.6 Å². The van der Waals surface area contributed by atoms with Gasteiger partial charge >= 0.3 is 16.3 Å². The highest BCUT2D eigenvalue weighted by molar-refractivity contribution is 7.84. The lowest BCUT2D eigenvalue weighted by Crippen LogP contribution is -2.73. The van der Waals surface area contributed by atoms with Crippen LogP contribution >= 0.6 is 11.3 Å². The lowest BCUT2D eigenvalue weighted by atomic mass is 9.98. The van der Waals surface area contributed by atoms with Crippen LogP contribution in [0.15, 0.2) is 21.7 Å². The van der Waals surface area contributed by atoms with Crippen molar-refractivity contribution in [3.8, 4) is 0 Å². The number of likely N-dealkylation sites (tertiary alicyclic amines) is 1. The Morgan fingerprint density at radius 3 is 2.60 bits per heavy atom. The maximum absolute atomic E-state index is 13.2. The van der Waals surface area contributed by atoms with Gasteiger partial charge in [0, 0.05) is 37.2 Å². The molecule has 2 aromatic rings. The van der Waals surface area contributed by atoms with E-state index in [0.717, 1.165) is 16.1 Å². The Bertz CT molecular complexity index is 1590. The van der Waals surface area contributed by atoms with Gasteiger partial charge < -0.3 is 37.4 Å². The number of hydrogen-bond acceptors (Lipinski definition) is 14. The van der Waals surface area contributed by atoms with Crippen LogP contribution in [-0.4, -0.2) is 114 Å². The third-order valence-electron chi connectivity index (χ3n) is 7.04. The molecule has 20 nitrogen and oxygen atoms in total. The predicted octanol–water partition coefficient (Wildman–Crippen LogP) is -3.44. The fraction of sp³-hybridized carbons (Fsp3) is 0.524. The predicted molar refractivity (Wildman–Crippen MR) is 147 cm³/mol. The van der Waals surface area contributed by atoms with Gasteiger partial charge in [-0.25, -0.2) is 19.1 Å². The van der Waals surface area contributed by atoms with Crippen molar-refractivity contribution in [3.05, 3.63) is 23.0 Å². The van der Waals surface area contributed by atoms with Gasteiger partial charge in [0.1, 0.15) is 23.5 Å². The Balaban J connectivity index is 1.30. The van der Waals surface area contributed by atoms with E-state index >= 15 is 0 Å². The summed E-state index contributed by atoms with van der Waals surface area (Å²) < 4.78 is 33.7. The molecule has 4 heterocycles. The molecule has 2 amide bonds. The monoisotopic (exact) mass is 640 g/mol. The smallest absolute Gasteiger partial charge is 0.362 e. The molecule has 0 bridgehead atoms. The SMILES string of the molecule is NCC1CN(C(N)=NCc2cnn(C[C@@H]3[C@H](NC(=O)C(=NOC4(C(=O)O)CC4)c4csc(N)n4)C(=O)N3S(=O)(=O)O)n2)C1. The summed E-state index contributed by atoms with van der Waals surface area (Å²) in [6.45, 7) is 1.66. The number of nitrogens with zero attached hydrogens (tertiary/aromatic N) is 8. The van der Waals surface area contributed by atoms with Crippen LogP contribution in [0.5, 0.6) is 0 Å². The number of rotatable bonds is 12. The van der Waals surface area contributed by atoms with Crippen molar-refractivity contribution in [1.29, 1.82) is 0 Å². The first-order valence-electron chi connectivity index (χ1n) is 12.8. The topological polar surface area (TPSA) is 300 Å². The molecule has 1 saturated carbocycles. The molecule has 0 spiro atoms. The average Bonchev–Trinajstić information content (AvgIpc) is 3.38. The molecule has 0 unspecified atom stereocenters. The van der Waals surface area contributed by atoms with Gasteiger partial charge in [-0.15, -0.1) is 11.3 Å². The van der Waals surface area contributed by atoms with Crippen molar-refractivity contribution in [2.45, 2.75) is 43.6 Å². The Hall–Kier alpha value is -4.41. The van der Waals surface area contributed by atoms with Crippen LogP contribution in [0.2, 0.25) is 0 Å². The summed E-state index contributed by atoms with van der Waals surface area (Å²) in [6, 6.07) is -2.82. The molecular weight excluding hydrogens is 612 g/mol. The number of thiazole rings is 1. The molecule has 0 radical (unpaired) electrons. The van der Waals surface area contributed by atoms with E-state index in [4.69, 9.17) is 22.0 Å². The minimum atomic E-state index is -5.02. The lowest BCUT2D eigenvalue weighted by molar-refractivity contribution is -0.153. The van der Waals surface area contributed by atoms with Gasteiger partial charge in [0.15, 0.2) is 16.8 Å². The summed E-state index contributed by atoms with van der Waals surface area (Å²) in [5.74, 6) is -2.78. The highest BCUT2D eigenvalue weighted by Crippen LogP contribution is 2.40. The summed E-state index contributed by atoms with van der Waals surface area (Å²) >= 11 is 0.968. The van der Waals surface area contributed by atoms with Crippen LogP contribution in [0.4, 0.5) is 5.13 Å². The van der Waals surface area contributed by atoms with E-state index in [1.807, 2.05) is 4.90 Å². The number of carbonyl (C=O) groups excluding carboxylic acids is 2. The van der Waals surface area contributed by atoms with Gasteiger partial charge in [-0.05, 0) is 6.54 Å². The van der Waals surface area contributed by atoms with Gasteiger partial charge in [0.25, 0.3) is 11.8 Å². The molecule has 2 atom stereocenters. The standard InChI is InChI=1S/C21H28N12O8S2/c22-3-10-6-31(7-10)19(23)25-4-11-5-26-32(29-11)8-13-15(17(35)33(13)43(38,39)40)28-16(34)14(12-9-42-20(24)27-12)30-41-21(1-2-21)18(36)37/h5,9-10,13,15H,1-4,6-8,22H2,(H2,23,25)(H2,24,27)(H,28,34)(H,36,37)(H,38,39,40)/t13-,15+/m1/s1. The molecular formula is C21H28N12O8S2. The van der Waals surface area contributed by atoms with E-state index in [2.05, 4.69) is 30.6 Å². The largest absolute Gasteiger partial charge is 0.478 e. The maximum Gasteiger partial charge on any atom is 0.362 e. The molecule has 2 saturated heterocycles. The average molecular weight is 641 g/mol. The highest BCUT2D eigenvalue weighted by atomic mass is 32.2. The number of aromatic nitrogens is 4. The Morgan fingerprint density at radius 1 is 1.30 bits per heavy atom. The van der Waals surface area contributed by atoms with Crippen molar-refractivity contribution >= 4 is 56.2 Å². The van der Waals surface area contributed by atoms with Gasteiger partial charge in [-0.2, -0.15) is 23.4 Å². The maximum atomic E-state index is 13.2. The number of nitrogens with one attached hydrogen (secondary N) is 1. The number of carbonyl (C=O) groups is 3. The minimum Gasteiger partial charge on any atom is -0.478 e. The Kier molecular flexibility index (Phi) is 7.93. The summed E-state index contributed by atoms with van der Waals surface area (Å²) in [4.78, 5) is 53.8. The number of β-lactam (4-membered cyclic amide) rings is 1. The van der Waals surface area contributed by atoms with E-state index in [9.17, 15) is 32.5 Å². The van der Waals surface area contributed by atoms with E-state index < -0.39 is 51.5 Å². The number of nitrogens with two attached hydrogens (primary N) is 3. The first kappa shape index (κ1) is 30.1. The number of aliphatic imine (C=N–C) groups is 1. The second-order valence-electron chi connectivity index (χ2n) is 10.1. The second kappa shape index (κ2) is 11.3. The zero-order valence-electron chi connectivity index (χ0n) is 22.3. The van der Waals surface area contributed by atoms with Crippen LogP contribution < -0.4 is 22.5 Å². The zero-order chi connectivity index (χ0) is 31.1. The number of guanidine groups is 1. The molecule has 2 aromatic heterocycles. The summed E-state index contributed by atoms with van der Waals surface area (Å²) in [5, 5.41) is 25.1. The first-order chi connectivity index (χ1) is 20.3. The van der Waals surface area contributed by atoms with Crippen molar-refractivity contribution < 1.29 is 37.3 Å². The third-order valence-corrected chi connectivity index (χ3v) is 8.66. The normalized spacial score (nSPS) is 22.1.